The maximum atomic E-state index is 12.7. The van der Waals surface area contributed by atoms with E-state index in [9.17, 15) is 4.79 Å². The lowest BCUT2D eigenvalue weighted by molar-refractivity contribution is -0.0192. The molecule has 0 spiro atoms. The zero-order valence-electron chi connectivity index (χ0n) is 20.6. The van der Waals surface area contributed by atoms with Crippen molar-refractivity contribution in [1.82, 2.24) is 19.7 Å². The van der Waals surface area contributed by atoms with Gasteiger partial charge in [0, 0.05) is 56.2 Å². The molecule has 0 saturated carbocycles. The van der Waals surface area contributed by atoms with Gasteiger partial charge in [0.05, 0.1) is 38.2 Å². The molecule has 4 aromatic rings. The molecule has 2 aromatic carbocycles. The number of nitrogens with one attached hydrogen (secondary N) is 1. The fourth-order valence-electron chi connectivity index (χ4n) is 4.21. The van der Waals surface area contributed by atoms with E-state index < -0.39 is 0 Å². The van der Waals surface area contributed by atoms with Crippen molar-refractivity contribution in [3.63, 3.8) is 0 Å². The summed E-state index contributed by atoms with van der Waals surface area (Å²) in [7, 11) is 4.93. The van der Waals surface area contributed by atoms with Crippen molar-refractivity contribution in [3.05, 3.63) is 66.6 Å². The van der Waals surface area contributed by atoms with Gasteiger partial charge in [0.2, 0.25) is 0 Å². The van der Waals surface area contributed by atoms with Gasteiger partial charge in [0.25, 0.3) is 5.91 Å². The molecule has 1 saturated heterocycles. The minimum Gasteiger partial charge on any atom is -0.495 e. The van der Waals surface area contributed by atoms with Crippen LogP contribution in [-0.2, 0) is 16.0 Å². The Balaban J connectivity index is 1.35. The van der Waals surface area contributed by atoms with Crippen LogP contribution in [0.5, 0.6) is 5.75 Å². The molecule has 1 aliphatic heterocycles. The van der Waals surface area contributed by atoms with Crippen LogP contribution in [0.2, 0.25) is 0 Å². The summed E-state index contributed by atoms with van der Waals surface area (Å²) in [5, 5.41) is 9.83. The van der Waals surface area contributed by atoms with Crippen molar-refractivity contribution in [1.29, 1.82) is 0 Å². The molecule has 0 aliphatic carbocycles. The molecule has 1 amide bonds. The van der Waals surface area contributed by atoms with Crippen molar-refractivity contribution >= 4 is 28.2 Å². The Labute approximate surface area is 209 Å². The van der Waals surface area contributed by atoms with Gasteiger partial charge in [-0.3, -0.25) is 9.48 Å². The number of aromatic nitrogens is 3. The smallest absolute Gasteiger partial charge is 0.254 e. The van der Waals surface area contributed by atoms with Crippen LogP contribution in [-0.4, -0.2) is 72.7 Å². The van der Waals surface area contributed by atoms with Crippen LogP contribution in [0.1, 0.15) is 10.4 Å². The topological polar surface area (TPSA) is 90.7 Å². The molecule has 2 aromatic heterocycles. The minimum absolute atomic E-state index is 0.0324. The first-order chi connectivity index (χ1) is 17.6. The monoisotopic (exact) mass is 487 g/mol. The minimum atomic E-state index is -0.0324. The summed E-state index contributed by atoms with van der Waals surface area (Å²) >= 11 is 0. The zero-order chi connectivity index (χ0) is 25.1. The number of nitrogens with zero attached hydrogens (tertiary/aromatic N) is 4. The molecule has 9 nitrogen and oxygen atoms in total. The molecule has 9 heteroatoms. The van der Waals surface area contributed by atoms with E-state index in [1.54, 1.807) is 38.4 Å². The van der Waals surface area contributed by atoms with E-state index in [0.29, 0.717) is 43.4 Å². The Morgan fingerprint density at radius 2 is 1.89 bits per heavy atom. The third kappa shape index (κ3) is 4.89. The quantitative estimate of drug-likeness (QED) is 0.382. The molecule has 3 heterocycles. The molecule has 5 rings (SSSR count). The van der Waals surface area contributed by atoms with Crippen LogP contribution in [0.4, 0.5) is 11.5 Å². The number of ether oxygens (including phenoxy) is 3. The summed E-state index contributed by atoms with van der Waals surface area (Å²) in [6, 6.07) is 13.6. The lowest BCUT2D eigenvalue weighted by atomic mass is 10.0. The van der Waals surface area contributed by atoms with E-state index in [2.05, 4.69) is 33.6 Å². The number of carbonyl (C=O) groups is 1. The maximum absolute atomic E-state index is 12.7. The highest BCUT2D eigenvalue weighted by atomic mass is 16.5. The van der Waals surface area contributed by atoms with Crippen LogP contribution in [0.15, 0.2) is 61.1 Å². The number of hydrogen-bond acceptors (Lipinski definition) is 7. The molecule has 0 radical (unpaired) electrons. The van der Waals surface area contributed by atoms with Gasteiger partial charge in [-0.2, -0.15) is 5.10 Å². The third-order valence-corrected chi connectivity index (χ3v) is 6.39. The van der Waals surface area contributed by atoms with Crippen molar-refractivity contribution in [2.75, 3.05) is 46.3 Å². The fourth-order valence-corrected chi connectivity index (χ4v) is 4.21. The Hall–Kier alpha value is -3.95. The lowest BCUT2D eigenvalue weighted by Crippen LogP contribution is -2.54. The summed E-state index contributed by atoms with van der Waals surface area (Å²) in [5.41, 5.74) is 3.43. The lowest BCUT2D eigenvalue weighted by Gasteiger charge is -2.38. The van der Waals surface area contributed by atoms with Crippen LogP contribution in [0, 0.1) is 0 Å². The van der Waals surface area contributed by atoms with E-state index >= 15 is 0 Å². The molecule has 186 valence electrons. The van der Waals surface area contributed by atoms with E-state index in [-0.39, 0.29) is 12.0 Å². The molecule has 1 fully saturated rings. The average molecular weight is 488 g/mol. The second kappa shape index (κ2) is 10.3. The fraction of sp³-hybridized carbons (Fsp3) is 0.296. The first-order valence-corrected chi connectivity index (χ1v) is 11.8. The number of rotatable bonds is 9. The molecule has 0 unspecified atom stereocenters. The van der Waals surface area contributed by atoms with Gasteiger partial charge >= 0.3 is 0 Å². The number of hydrogen-bond donors (Lipinski definition) is 1. The number of benzene rings is 2. The molecule has 1 aliphatic rings. The highest BCUT2D eigenvalue weighted by Crippen LogP contribution is 2.31. The summed E-state index contributed by atoms with van der Waals surface area (Å²) in [6.45, 7) is 2.54. The summed E-state index contributed by atoms with van der Waals surface area (Å²) in [6.07, 6.45) is 5.83. The molecule has 0 bridgehead atoms. The molecular formula is C27H29N5O4. The standard InChI is InChI=1S/C27H29N5O4/c1-34-9-8-32-15-22(14-29-32)18-4-5-20-13-28-26(12-21(20)10-18)30-24-7-6-19(11-25(24)36-3)27(33)31-16-23(17-31)35-2/h4-7,10-15,23H,8-9,16-17H2,1-3H3,(H,28,30). The van der Waals surface area contributed by atoms with Gasteiger partial charge in [-0.25, -0.2) is 4.98 Å². The van der Waals surface area contributed by atoms with Crippen molar-refractivity contribution in [3.8, 4) is 16.9 Å². The predicted molar refractivity (Wildman–Crippen MR) is 138 cm³/mol. The Bertz CT molecular complexity index is 1380. The largest absolute Gasteiger partial charge is 0.495 e. The Kier molecular flexibility index (Phi) is 6.84. The first kappa shape index (κ1) is 23.8. The van der Waals surface area contributed by atoms with E-state index in [4.69, 9.17) is 14.2 Å². The molecule has 36 heavy (non-hydrogen) atoms. The Morgan fingerprint density at radius 1 is 1.03 bits per heavy atom. The summed E-state index contributed by atoms with van der Waals surface area (Å²) < 4.78 is 17.8. The highest BCUT2D eigenvalue weighted by molar-refractivity contribution is 5.96. The number of pyridine rings is 1. The zero-order valence-corrected chi connectivity index (χ0v) is 20.6. The van der Waals surface area contributed by atoms with Crippen LogP contribution in [0.25, 0.3) is 21.9 Å². The number of methoxy groups -OCH3 is 3. The van der Waals surface area contributed by atoms with Gasteiger partial charge < -0.3 is 24.4 Å². The molecular weight excluding hydrogens is 458 g/mol. The summed E-state index contributed by atoms with van der Waals surface area (Å²) in [5.74, 6) is 1.22. The Morgan fingerprint density at radius 3 is 2.67 bits per heavy atom. The van der Waals surface area contributed by atoms with Crippen LogP contribution >= 0.6 is 0 Å². The molecule has 0 atom stereocenters. The van der Waals surface area contributed by atoms with E-state index in [1.165, 1.54) is 0 Å². The number of carbonyl (C=O) groups excluding carboxylic acids is 1. The normalized spacial score (nSPS) is 13.6. The predicted octanol–water partition coefficient (Wildman–Crippen LogP) is 3.97. The number of likely N-dealkylation sites (tertiary alicyclic amines) is 1. The van der Waals surface area contributed by atoms with Gasteiger partial charge in [-0.15, -0.1) is 0 Å². The van der Waals surface area contributed by atoms with Gasteiger partial charge in [-0.05, 0) is 41.3 Å². The van der Waals surface area contributed by atoms with Crippen LogP contribution in [0.3, 0.4) is 0 Å². The van der Waals surface area contributed by atoms with Crippen molar-refractivity contribution in [2.24, 2.45) is 0 Å². The molecule has 1 N–H and O–H groups in total. The number of fused-ring (bicyclic) bond motifs is 1. The summed E-state index contributed by atoms with van der Waals surface area (Å²) in [4.78, 5) is 19.1. The van der Waals surface area contributed by atoms with Crippen LogP contribution < -0.4 is 10.1 Å². The number of anilines is 2. The highest BCUT2D eigenvalue weighted by Gasteiger charge is 2.31. The second-order valence-corrected chi connectivity index (χ2v) is 8.72. The first-order valence-electron chi connectivity index (χ1n) is 11.8. The van der Waals surface area contributed by atoms with Gasteiger partial charge in [0.15, 0.2) is 0 Å². The second-order valence-electron chi connectivity index (χ2n) is 8.72. The SMILES string of the molecule is COCCn1cc(-c2ccc3cnc(Nc4ccc(C(=O)N5CC(OC)C5)cc4OC)cc3c2)cn1. The maximum Gasteiger partial charge on any atom is 0.254 e. The van der Waals surface area contributed by atoms with Gasteiger partial charge in [0.1, 0.15) is 11.6 Å². The van der Waals surface area contributed by atoms with E-state index in [0.717, 1.165) is 27.6 Å². The van der Waals surface area contributed by atoms with Crippen molar-refractivity contribution in [2.45, 2.75) is 12.6 Å². The average Bonchev–Trinajstić information content (AvgIpc) is 3.35. The third-order valence-electron chi connectivity index (χ3n) is 6.39. The number of amides is 1. The van der Waals surface area contributed by atoms with Crippen molar-refractivity contribution < 1.29 is 19.0 Å². The van der Waals surface area contributed by atoms with E-state index in [1.807, 2.05) is 35.4 Å². The van der Waals surface area contributed by atoms with Gasteiger partial charge in [-0.1, -0.05) is 12.1 Å².